The number of fused-ring (bicyclic) bond motifs is 1. The predicted octanol–water partition coefficient (Wildman–Crippen LogP) is 6.65. The molecule has 4 nitrogen and oxygen atoms in total. The van der Waals surface area contributed by atoms with Crippen molar-refractivity contribution in [3.05, 3.63) is 57.8 Å². The molecule has 0 atom stereocenters. The summed E-state index contributed by atoms with van der Waals surface area (Å²) >= 11 is 3.61. The number of carbonyl (C=O) groups excluding carboxylic acids is 1. The van der Waals surface area contributed by atoms with Crippen LogP contribution < -0.4 is 4.74 Å². The molecular formula is C24H29BrN2O2. The maximum absolute atomic E-state index is 12.8. The molecule has 0 aliphatic rings. The summed E-state index contributed by atoms with van der Waals surface area (Å²) in [6, 6.07) is 12.0. The quantitative estimate of drug-likeness (QED) is 0.338. The van der Waals surface area contributed by atoms with Crippen LogP contribution in [0.2, 0.25) is 0 Å². The minimum atomic E-state index is -0.150. The van der Waals surface area contributed by atoms with Crippen molar-refractivity contribution < 1.29 is 9.53 Å². The van der Waals surface area contributed by atoms with Crippen LogP contribution in [0.4, 0.5) is 0 Å². The van der Waals surface area contributed by atoms with E-state index in [4.69, 9.17) is 4.74 Å². The summed E-state index contributed by atoms with van der Waals surface area (Å²) in [5.41, 5.74) is 3.07. The molecule has 0 bridgehead atoms. The number of rotatable bonds is 9. The number of carbonyl (C=O) groups is 1. The summed E-state index contributed by atoms with van der Waals surface area (Å²) in [6.45, 7) is 6.14. The van der Waals surface area contributed by atoms with Gasteiger partial charge >= 0.3 is 0 Å². The highest BCUT2D eigenvalue weighted by atomic mass is 79.9. The average molecular weight is 457 g/mol. The molecule has 0 saturated heterocycles. The van der Waals surface area contributed by atoms with Crippen molar-refractivity contribution in [3.8, 4) is 5.75 Å². The normalized spacial score (nSPS) is 11.2. The number of ether oxygens (including phenoxy) is 1. The van der Waals surface area contributed by atoms with Crippen molar-refractivity contribution in [1.82, 2.24) is 9.78 Å². The number of aromatic nitrogens is 2. The summed E-state index contributed by atoms with van der Waals surface area (Å²) in [4.78, 5) is 12.8. The van der Waals surface area contributed by atoms with Gasteiger partial charge in [-0.05, 0) is 65.0 Å². The first kappa shape index (κ1) is 21.6. The number of benzene rings is 2. The van der Waals surface area contributed by atoms with Crippen molar-refractivity contribution in [2.75, 3.05) is 6.61 Å². The average Bonchev–Trinajstić information content (AvgIpc) is 3.01. The van der Waals surface area contributed by atoms with E-state index in [9.17, 15) is 4.79 Å². The van der Waals surface area contributed by atoms with Crippen LogP contribution in [0.1, 0.15) is 60.8 Å². The Hall–Kier alpha value is -2.14. The molecule has 3 rings (SSSR count). The SMILES string of the molecule is CCCCCCCc1c(C)nn(C(=O)COc2ccc3ccccc3c2Br)c1C. The summed E-state index contributed by atoms with van der Waals surface area (Å²) in [5, 5.41) is 6.67. The summed E-state index contributed by atoms with van der Waals surface area (Å²) in [6.07, 6.45) is 7.16. The second-order valence-corrected chi connectivity index (χ2v) is 8.30. The van der Waals surface area contributed by atoms with Crippen LogP contribution in [0.15, 0.2) is 40.9 Å². The minimum absolute atomic E-state index is 0.0468. The predicted molar refractivity (Wildman–Crippen MR) is 122 cm³/mol. The molecule has 5 heteroatoms. The highest BCUT2D eigenvalue weighted by molar-refractivity contribution is 9.10. The lowest BCUT2D eigenvalue weighted by Gasteiger charge is -2.10. The van der Waals surface area contributed by atoms with Crippen molar-refractivity contribution in [3.63, 3.8) is 0 Å². The Bertz CT molecular complexity index is 994. The van der Waals surface area contributed by atoms with Gasteiger partial charge in [-0.15, -0.1) is 0 Å². The Morgan fingerprint density at radius 3 is 2.62 bits per heavy atom. The molecule has 0 aliphatic heterocycles. The minimum Gasteiger partial charge on any atom is -0.482 e. The Balaban J connectivity index is 1.65. The maximum atomic E-state index is 12.8. The van der Waals surface area contributed by atoms with Gasteiger partial charge in [0.05, 0.1) is 10.2 Å². The molecule has 0 saturated carbocycles. The number of unbranched alkanes of at least 4 members (excludes halogenated alkanes) is 4. The van der Waals surface area contributed by atoms with Crippen LogP contribution >= 0.6 is 15.9 Å². The Labute approximate surface area is 181 Å². The monoisotopic (exact) mass is 456 g/mol. The fourth-order valence-corrected chi connectivity index (χ4v) is 4.32. The Kier molecular flexibility index (Phi) is 7.48. The van der Waals surface area contributed by atoms with Crippen LogP contribution in [0, 0.1) is 13.8 Å². The second-order valence-electron chi connectivity index (χ2n) is 7.51. The number of hydrogen-bond acceptors (Lipinski definition) is 3. The van der Waals surface area contributed by atoms with Gasteiger partial charge in [-0.3, -0.25) is 4.79 Å². The first-order valence-electron chi connectivity index (χ1n) is 10.4. The Morgan fingerprint density at radius 1 is 1.07 bits per heavy atom. The third kappa shape index (κ3) is 5.08. The zero-order chi connectivity index (χ0) is 20.8. The van der Waals surface area contributed by atoms with Crippen molar-refractivity contribution in [1.29, 1.82) is 0 Å². The van der Waals surface area contributed by atoms with E-state index in [-0.39, 0.29) is 12.5 Å². The molecule has 0 aliphatic carbocycles. The van der Waals surface area contributed by atoms with Crippen molar-refractivity contribution in [2.45, 2.75) is 59.3 Å². The molecule has 0 fully saturated rings. The van der Waals surface area contributed by atoms with Gasteiger partial charge < -0.3 is 4.74 Å². The fourth-order valence-electron chi connectivity index (χ4n) is 3.71. The van der Waals surface area contributed by atoms with Gasteiger partial charge in [0.15, 0.2) is 6.61 Å². The third-order valence-corrected chi connectivity index (χ3v) is 6.20. The lowest BCUT2D eigenvalue weighted by molar-refractivity contribution is 0.0817. The molecular weight excluding hydrogens is 428 g/mol. The van der Waals surface area contributed by atoms with Gasteiger partial charge in [-0.1, -0.05) is 62.9 Å². The topological polar surface area (TPSA) is 44.1 Å². The number of nitrogens with zero attached hydrogens (tertiary/aromatic N) is 2. The van der Waals surface area contributed by atoms with Crippen molar-refractivity contribution >= 4 is 32.6 Å². The molecule has 3 aromatic rings. The molecule has 0 amide bonds. The smallest absolute Gasteiger partial charge is 0.284 e. The van der Waals surface area contributed by atoms with Crippen LogP contribution in [0.25, 0.3) is 10.8 Å². The van der Waals surface area contributed by atoms with Gasteiger partial charge in [-0.2, -0.15) is 5.10 Å². The highest BCUT2D eigenvalue weighted by Gasteiger charge is 2.17. The molecule has 0 N–H and O–H groups in total. The maximum Gasteiger partial charge on any atom is 0.284 e. The zero-order valence-corrected chi connectivity index (χ0v) is 19.1. The zero-order valence-electron chi connectivity index (χ0n) is 17.5. The molecule has 2 aromatic carbocycles. The lowest BCUT2D eigenvalue weighted by Crippen LogP contribution is -2.22. The van der Waals surface area contributed by atoms with Crippen molar-refractivity contribution in [2.24, 2.45) is 0 Å². The third-order valence-electron chi connectivity index (χ3n) is 5.39. The molecule has 29 heavy (non-hydrogen) atoms. The van der Waals surface area contributed by atoms with E-state index in [0.29, 0.717) is 5.75 Å². The van der Waals surface area contributed by atoms with E-state index in [2.05, 4.69) is 34.0 Å². The summed E-state index contributed by atoms with van der Waals surface area (Å²) < 4.78 is 8.20. The standard InChI is InChI=1S/C24H29BrN2O2/c1-4-5-6-7-8-12-20-17(2)26-27(18(20)3)23(28)16-29-22-15-14-19-11-9-10-13-21(19)24(22)25/h9-11,13-15H,4-8,12,16H2,1-3H3. The van der Waals surface area contributed by atoms with Crippen LogP contribution in [0.5, 0.6) is 5.75 Å². The van der Waals surface area contributed by atoms with Crippen LogP contribution in [-0.2, 0) is 6.42 Å². The van der Waals surface area contributed by atoms with Gasteiger partial charge in [0.1, 0.15) is 5.75 Å². The van der Waals surface area contributed by atoms with E-state index in [1.54, 1.807) is 0 Å². The van der Waals surface area contributed by atoms with E-state index in [1.807, 2.05) is 44.2 Å². The highest BCUT2D eigenvalue weighted by Crippen LogP contribution is 2.33. The molecule has 1 heterocycles. The largest absolute Gasteiger partial charge is 0.482 e. The molecule has 0 spiro atoms. The van der Waals surface area contributed by atoms with E-state index < -0.39 is 0 Å². The molecule has 0 unspecified atom stereocenters. The molecule has 1 aromatic heterocycles. The van der Waals surface area contributed by atoms with Crippen LogP contribution in [0.3, 0.4) is 0 Å². The molecule has 0 radical (unpaired) electrons. The number of hydrogen-bond donors (Lipinski definition) is 0. The number of aryl methyl sites for hydroxylation is 1. The van der Waals surface area contributed by atoms with Gasteiger partial charge in [0, 0.05) is 5.69 Å². The van der Waals surface area contributed by atoms with E-state index >= 15 is 0 Å². The second kappa shape index (κ2) is 10.1. The van der Waals surface area contributed by atoms with Gasteiger partial charge in [0.25, 0.3) is 5.91 Å². The summed E-state index contributed by atoms with van der Waals surface area (Å²) in [5.74, 6) is 0.512. The molecule has 154 valence electrons. The van der Waals surface area contributed by atoms with Crippen LogP contribution in [-0.4, -0.2) is 22.3 Å². The van der Waals surface area contributed by atoms with Gasteiger partial charge in [-0.25, -0.2) is 4.68 Å². The van der Waals surface area contributed by atoms with Gasteiger partial charge in [0.2, 0.25) is 0 Å². The lowest BCUT2D eigenvalue weighted by atomic mass is 10.0. The van der Waals surface area contributed by atoms with E-state index in [1.165, 1.54) is 35.9 Å². The van der Waals surface area contributed by atoms with E-state index in [0.717, 1.165) is 39.5 Å². The first-order chi connectivity index (χ1) is 14.0. The number of halogens is 1. The fraction of sp³-hybridized carbons (Fsp3) is 0.417. The first-order valence-corrected chi connectivity index (χ1v) is 11.2. The summed E-state index contributed by atoms with van der Waals surface area (Å²) in [7, 11) is 0. The Morgan fingerprint density at radius 2 is 1.83 bits per heavy atom.